The van der Waals surface area contributed by atoms with Crippen LogP contribution >= 0.6 is 0 Å². The third kappa shape index (κ3) is 2.24. The molecule has 1 amide bonds. The third-order valence-corrected chi connectivity index (χ3v) is 3.79. The number of nitrogens with zero attached hydrogens (tertiary/aromatic N) is 3. The van der Waals surface area contributed by atoms with Crippen molar-refractivity contribution in [1.29, 1.82) is 0 Å². The molecule has 0 aromatic carbocycles. The van der Waals surface area contributed by atoms with Gasteiger partial charge in [-0.05, 0) is 12.8 Å². The Bertz CT molecular complexity index is 529. The summed E-state index contributed by atoms with van der Waals surface area (Å²) in [5.41, 5.74) is 0.663. The van der Waals surface area contributed by atoms with Crippen molar-refractivity contribution in [3.8, 4) is 12.3 Å². The van der Waals surface area contributed by atoms with Gasteiger partial charge in [0, 0.05) is 25.6 Å². The number of ether oxygens (including phenoxy) is 1. The summed E-state index contributed by atoms with van der Waals surface area (Å²) in [7, 11) is 0. The zero-order chi connectivity index (χ0) is 13.2. The Morgan fingerprint density at radius 1 is 1.53 bits per heavy atom. The molecule has 1 aromatic rings. The van der Waals surface area contributed by atoms with Crippen molar-refractivity contribution < 1.29 is 9.53 Å². The van der Waals surface area contributed by atoms with Gasteiger partial charge in [-0.2, -0.15) is 0 Å². The van der Waals surface area contributed by atoms with Gasteiger partial charge in [0.05, 0.1) is 12.8 Å². The molecule has 2 aliphatic heterocycles. The number of rotatable bonds is 1. The van der Waals surface area contributed by atoms with Crippen LogP contribution in [0.25, 0.3) is 0 Å². The van der Waals surface area contributed by atoms with E-state index in [1.165, 1.54) is 0 Å². The highest BCUT2D eigenvalue weighted by atomic mass is 16.5. The zero-order valence-corrected chi connectivity index (χ0v) is 10.8. The maximum absolute atomic E-state index is 12.5. The first-order valence-corrected chi connectivity index (χ1v) is 6.67. The number of terminal acetylenes is 1. The van der Waals surface area contributed by atoms with Gasteiger partial charge in [-0.1, -0.05) is 0 Å². The highest BCUT2D eigenvalue weighted by Crippen LogP contribution is 2.19. The number of amides is 1. The smallest absolute Gasteiger partial charge is 0.272 e. The van der Waals surface area contributed by atoms with Gasteiger partial charge >= 0.3 is 0 Å². The second-order valence-corrected chi connectivity index (χ2v) is 5.02. The summed E-state index contributed by atoms with van der Waals surface area (Å²) in [5, 5.41) is 0. The second-order valence-electron chi connectivity index (χ2n) is 5.02. The Balaban J connectivity index is 1.80. The fourth-order valence-corrected chi connectivity index (χ4v) is 2.73. The van der Waals surface area contributed by atoms with Gasteiger partial charge < -0.3 is 14.2 Å². The van der Waals surface area contributed by atoms with E-state index in [1.54, 1.807) is 6.20 Å². The number of carbonyl (C=O) groups excluding carboxylic acids is 1. The van der Waals surface area contributed by atoms with E-state index < -0.39 is 0 Å². The predicted molar refractivity (Wildman–Crippen MR) is 69.3 cm³/mol. The molecule has 0 N–H and O–H groups in total. The minimum absolute atomic E-state index is 0.0422. The molecule has 3 heterocycles. The Morgan fingerprint density at radius 2 is 2.42 bits per heavy atom. The molecule has 2 aliphatic rings. The van der Waals surface area contributed by atoms with E-state index in [0.29, 0.717) is 32.0 Å². The summed E-state index contributed by atoms with van der Waals surface area (Å²) >= 11 is 0. The maximum atomic E-state index is 12.5. The van der Waals surface area contributed by atoms with Gasteiger partial charge in [-0.15, -0.1) is 12.3 Å². The monoisotopic (exact) mass is 259 g/mol. The first-order chi connectivity index (χ1) is 9.29. The lowest BCUT2D eigenvalue weighted by Gasteiger charge is -2.30. The number of fused-ring (bicyclic) bond motifs is 1. The molecule has 5 heteroatoms. The Labute approximate surface area is 112 Å². The van der Waals surface area contributed by atoms with E-state index in [1.807, 2.05) is 9.47 Å². The van der Waals surface area contributed by atoms with E-state index in [2.05, 4.69) is 10.9 Å². The Morgan fingerprint density at radius 3 is 3.26 bits per heavy atom. The summed E-state index contributed by atoms with van der Waals surface area (Å²) in [5.74, 6) is 3.82. The molecule has 1 atom stereocenters. The fourth-order valence-electron chi connectivity index (χ4n) is 2.73. The van der Waals surface area contributed by atoms with Gasteiger partial charge in [0.15, 0.2) is 0 Å². The number of aromatic nitrogens is 2. The van der Waals surface area contributed by atoms with Crippen LogP contribution in [0.15, 0.2) is 6.20 Å². The van der Waals surface area contributed by atoms with Crippen molar-refractivity contribution >= 4 is 5.91 Å². The van der Waals surface area contributed by atoms with Crippen LogP contribution in [-0.2, 0) is 17.9 Å². The van der Waals surface area contributed by atoms with Crippen LogP contribution in [0.5, 0.6) is 0 Å². The molecular weight excluding hydrogens is 242 g/mol. The molecule has 1 saturated heterocycles. The standard InChI is InChI=1S/C14H17N3O2/c1-2-11-4-3-5-16(9-11)14(18)12-8-15-13-10-19-7-6-17(12)13/h1,8,11H,3-7,9-10H2. The van der Waals surface area contributed by atoms with Gasteiger partial charge in [0.25, 0.3) is 5.91 Å². The van der Waals surface area contributed by atoms with Crippen molar-refractivity contribution in [2.24, 2.45) is 5.92 Å². The van der Waals surface area contributed by atoms with Crippen molar-refractivity contribution in [1.82, 2.24) is 14.5 Å². The minimum Gasteiger partial charge on any atom is -0.372 e. The fraction of sp³-hybridized carbons (Fsp3) is 0.571. The average Bonchev–Trinajstić information content (AvgIpc) is 2.90. The van der Waals surface area contributed by atoms with Crippen LogP contribution in [0.1, 0.15) is 29.2 Å². The van der Waals surface area contributed by atoms with E-state index in [4.69, 9.17) is 11.2 Å². The lowest BCUT2D eigenvalue weighted by atomic mass is 9.99. The van der Waals surface area contributed by atoms with E-state index in [-0.39, 0.29) is 11.8 Å². The number of hydrogen-bond acceptors (Lipinski definition) is 3. The molecule has 100 valence electrons. The van der Waals surface area contributed by atoms with Crippen molar-refractivity contribution in [3.05, 3.63) is 17.7 Å². The van der Waals surface area contributed by atoms with Gasteiger partial charge in [0.2, 0.25) is 0 Å². The molecule has 3 rings (SSSR count). The summed E-state index contributed by atoms with van der Waals surface area (Å²) in [6, 6.07) is 0. The van der Waals surface area contributed by atoms with Crippen molar-refractivity contribution in [2.45, 2.75) is 26.0 Å². The normalized spacial score (nSPS) is 22.7. The zero-order valence-electron chi connectivity index (χ0n) is 10.8. The minimum atomic E-state index is 0.0422. The summed E-state index contributed by atoms with van der Waals surface area (Å²) in [6.45, 7) is 3.26. The lowest BCUT2D eigenvalue weighted by molar-refractivity contribution is 0.0646. The van der Waals surface area contributed by atoms with Gasteiger partial charge in [-0.25, -0.2) is 4.98 Å². The first-order valence-electron chi connectivity index (χ1n) is 6.67. The number of piperidine rings is 1. The summed E-state index contributed by atoms with van der Waals surface area (Å²) in [6.07, 6.45) is 9.12. The lowest BCUT2D eigenvalue weighted by Crippen LogP contribution is -2.40. The van der Waals surface area contributed by atoms with Gasteiger partial charge in [0.1, 0.15) is 18.1 Å². The number of likely N-dealkylation sites (tertiary alicyclic amines) is 1. The maximum Gasteiger partial charge on any atom is 0.272 e. The molecule has 0 bridgehead atoms. The number of hydrogen-bond donors (Lipinski definition) is 0. The molecule has 1 fully saturated rings. The molecule has 1 unspecified atom stereocenters. The van der Waals surface area contributed by atoms with Gasteiger partial charge in [-0.3, -0.25) is 4.79 Å². The molecule has 19 heavy (non-hydrogen) atoms. The van der Waals surface area contributed by atoms with Crippen LogP contribution in [0, 0.1) is 18.3 Å². The average molecular weight is 259 g/mol. The predicted octanol–water partition coefficient (Wildman–Crippen LogP) is 0.899. The summed E-state index contributed by atoms with van der Waals surface area (Å²) in [4.78, 5) is 18.7. The Kier molecular flexibility index (Phi) is 3.26. The van der Waals surface area contributed by atoms with Crippen LogP contribution in [0.2, 0.25) is 0 Å². The highest BCUT2D eigenvalue weighted by Gasteiger charge is 2.27. The van der Waals surface area contributed by atoms with Crippen LogP contribution in [0.3, 0.4) is 0 Å². The molecule has 0 aliphatic carbocycles. The molecule has 0 radical (unpaired) electrons. The Hall–Kier alpha value is -1.80. The molecule has 0 spiro atoms. The third-order valence-electron chi connectivity index (χ3n) is 3.79. The number of carbonyl (C=O) groups is 1. The molecule has 5 nitrogen and oxygen atoms in total. The second kappa shape index (κ2) is 5.06. The van der Waals surface area contributed by atoms with Crippen LogP contribution in [0.4, 0.5) is 0 Å². The van der Waals surface area contributed by atoms with Crippen LogP contribution < -0.4 is 0 Å². The SMILES string of the molecule is C#CC1CCCN(C(=O)c2cnc3n2CCOC3)C1. The highest BCUT2D eigenvalue weighted by molar-refractivity contribution is 5.92. The topological polar surface area (TPSA) is 47.4 Å². The quantitative estimate of drug-likeness (QED) is 0.704. The van der Waals surface area contributed by atoms with Crippen molar-refractivity contribution in [3.63, 3.8) is 0 Å². The summed E-state index contributed by atoms with van der Waals surface area (Å²) < 4.78 is 7.30. The molecular formula is C14H17N3O2. The molecule has 1 aromatic heterocycles. The first kappa shape index (κ1) is 12.2. The molecule has 0 saturated carbocycles. The van der Waals surface area contributed by atoms with Crippen molar-refractivity contribution in [2.75, 3.05) is 19.7 Å². The van der Waals surface area contributed by atoms with Crippen LogP contribution in [-0.4, -0.2) is 40.1 Å². The largest absolute Gasteiger partial charge is 0.372 e. The van der Waals surface area contributed by atoms with E-state index in [9.17, 15) is 4.79 Å². The van der Waals surface area contributed by atoms with E-state index in [0.717, 1.165) is 25.2 Å². The number of imidazole rings is 1. The van der Waals surface area contributed by atoms with E-state index >= 15 is 0 Å².